The van der Waals surface area contributed by atoms with Gasteiger partial charge in [0.1, 0.15) is 0 Å². The van der Waals surface area contributed by atoms with Crippen LogP contribution in [-0.4, -0.2) is 57.0 Å². The molecule has 1 N–H and O–H groups in total. The van der Waals surface area contributed by atoms with Crippen molar-refractivity contribution < 1.29 is 18.0 Å². The van der Waals surface area contributed by atoms with Crippen molar-refractivity contribution in [2.75, 3.05) is 37.3 Å². The number of carbonyl (C=O) groups excluding carboxylic acids is 2. The van der Waals surface area contributed by atoms with Crippen LogP contribution >= 0.6 is 0 Å². The Kier molecular flexibility index (Phi) is 6.55. The van der Waals surface area contributed by atoms with Crippen LogP contribution in [0.15, 0.2) is 24.3 Å². The van der Waals surface area contributed by atoms with E-state index >= 15 is 0 Å². The van der Waals surface area contributed by atoms with Crippen LogP contribution < -0.4 is 10.2 Å². The lowest BCUT2D eigenvalue weighted by Crippen LogP contribution is -2.33. The maximum absolute atomic E-state index is 12.1. The number of rotatable bonds is 8. The van der Waals surface area contributed by atoms with E-state index in [0.717, 1.165) is 18.7 Å². The number of anilines is 1. The molecule has 1 heterocycles. The molecular weight excluding hydrogens is 342 g/mol. The van der Waals surface area contributed by atoms with Gasteiger partial charge >= 0.3 is 0 Å². The van der Waals surface area contributed by atoms with Gasteiger partial charge in [-0.3, -0.25) is 9.59 Å². The lowest BCUT2D eigenvalue weighted by molar-refractivity contribution is -0.117. The molecule has 138 valence electrons. The lowest BCUT2D eigenvalue weighted by Gasteiger charge is -2.17. The van der Waals surface area contributed by atoms with Crippen molar-refractivity contribution in [2.24, 2.45) is 0 Å². The molecule has 0 bridgehead atoms. The predicted octanol–water partition coefficient (Wildman–Crippen LogP) is 1.21. The summed E-state index contributed by atoms with van der Waals surface area (Å²) < 4.78 is 24.3. The van der Waals surface area contributed by atoms with Crippen molar-refractivity contribution in [3.63, 3.8) is 0 Å². The number of carbonyl (C=O) groups is 2. The van der Waals surface area contributed by atoms with Crippen LogP contribution in [0.4, 0.5) is 5.69 Å². The molecule has 0 radical (unpaired) electrons. The number of benzene rings is 1. The van der Waals surface area contributed by atoms with E-state index in [1.54, 1.807) is 36.1 Å². The zero-order chi connectivity index (χ0) is 18.4. The van der Waals surface area contributed by atoms with Crippen LogP contribution in [0.3, 0.4) is 0 Å². The molecule has 7 nitrogen and oxygen atoms in total. The Morgan fingerprint density at radius 1 is 1.28 bits per heavy atom. The molecule has 0 aliphatic carbocycles. The van der Waals surface area contributed by atoms with E-state index in [4.69, 9.17) is 0 Å². The molecule has 25 heavy (non-hydrogen) atoms. The molecule has 0 atom stereocenters. The van der Waals surface area contributed by atoms with Crippen LogP contribution in [0, 0.1) is 0 Å². The van der Waals surface area contributed by atoms with Crippen LogP contribution in [0.1, 0.15) is 36.5 Å². The summed E-state index contributed by atoms with van der Waals surface area (Å²) in [4.78, 5) is 25.6. The van der Waals surface area contributed by atoms with Crippen LogP contribution in [0.2, 0.25) is 0 Å². The fourth-order valence-corrected chi connectivity index (χ4v) is 3.76. The third-order valence-electron chi connectivity index (χ3n) is 4.21. The van der Waals surface area contributed by atoms with Crippen molar-refractivity contribution in [3.05, 3.63) is 29.8 Å². The second kappa shape index (κ2) is 8.44. The van der Waals surface area contributed by atoms with Gasteiger partial charge in [0.25, 0.3) is 5.91 Å². The second-order valence-electron chi connectivity index (χ2n) is 6.06. The van der Waals surface area contributed by atoms with Gasteiger partial charge in [-0.2, -0.15) is 0 Å². The van der Waals surface area contributed by atoms with E-state index in [9.17, 15) is 18.0 Å². The van der Waals surface area contributed by atoms with Crippen molar-refractivity contribution in [3.8, 4) is 0 Å². The summed E-state index contributed by atoms with van der Waals surface area (Å²) in [5.41, 5.74) is 1.33. The van der Waals surface area contributed by atoms with Crippen LogP contribution in [0.5, 0.6) is 0 Å². The fourth-order valence-electron chi connectivity index (χ4n) is 2.83. The van der Waals surface area contributed by atoms with E-state index in [1.807, 2.05) is 0 Å². The van der Waals surface area contributed by atoms with Crippen LogP contribution in [-0.2, 0) is 14.8 Å². The summed E-state index contributed by atoms with van der Waals surface area (Å²) in [7, 11) is -3.20. The monoisotopic (exact) mass is 367 g/mol. The Balaban J connectivity index is 1.82. The molecule has 1 fully saturated rings. The van der Waals surface area contributed by atoms with Gasteiger partial charge in [-0.1, -0.05) is 6.92 Å². The van der Waals surface area contributed by atoms with Gasteiger partial charge in [-0.05, 0) is 37.1 Å². The van der Waals surface area contributed by atoms with Gasteiger partial charge in [-0.25, -0.2) is 12.7 Å². The Bertz CT molecular complexity index is 716. The SMILES string of the molecule is CCN(CCCNC(=O)c1ccc(N2CCCC2=O)cc1)S(C)(=O)=O. The first-order valence-electron chi connectivity index (χ1n) is 8.46. The molecule has 0 spiro atoms. The number of hydrogen-bond donors (Lipinski definition) is 1. The molecule has 0 unspecified atom stereocenters. The van der Waals surface area contributed by atoms with Gasteiger partial charge in [0.2, 0.25) is 15.9 Å². The van der Waals surface area contributed by atoms with E-state index in [2.05, 4.69) is 5.32 Å². The highest BCUT2D eigenvalue weighted by molar-refractivity contribution is 7.88. The molecule has 1 aliphatic heterocycles. The largest absolute Gasteiger partial charge is 0.352 e. The number of nitrogens with one attached hydrogen (secondary N) is 1. The molecule has 0 saturated carbocycles. The second-order valence-corrected chi connectivity index (χ2v) is 8.04. The first-order chi connectivity index (χ1) is 11.8. The Morgan fingerprint density at radius 3 is 2.48 bits per heavy atom. The van der Waals surface area contributed by atoms with Crippen molar-refractivity contribution in [1.82, 2.24) is 9.62 Å². The highest BCUT2D eigenvalue weighted by Gasteiger charge is 2.21. The highest BCUT2D eigenvalue weighted by atomic mass is 32.2. The topological polar surface area (TPSA) is 86.8 Å². The zero-order valence-electron chi connectivity index (χ0n) is 14.7. The summed E-state index contributed by atoms with van der Waals surface area (Å²) in [6.07, 6.45) is 3.17. The maximum Gasteiger partial charge on any atom is 0.251 e. The Hall–Kier alpha value is -1.93. The third-order valence-corrected chi connectivity index (χ3v) is 5.58. The van der Waals surface area contributed by atoms with Gasteiger partial charge in [0.15, 0.2) is 0 Å². The van der Waals surface area contributed by atoms with E-state index < -0.39 is 10.0 Å². The normalized spacial score (nSPS) is 15.0. The first-order valence-corrected chi connectivity index (χ1v) is 10.3. The quantitative estimate of drug-likeness (QED) is 0.700. The van der Waals surface area contributed by atoms with E-state index in [1.165, 1.54) is 10.6 Å². The molecule has 1 aromatic rings. The summed E-state index contributed by atoms with van der Waals surface area (Å²) in [5.74, 6) is -0.0924. The van der Waals surface area contributed by atoms with E-state index in [-0.39, 0.29) is 11.8 Å². The first kappa shape index (κ1) is 19.4. The van der Waals surface area contributed by atoms with Crippen molar-refractivity contribution in [1.29, 1.82) is 0 Å². The Morgan fingerprint density at radius 2 is 1.96 bits per heavy atom. The summed E-state index contributed by atoms with van der Waals surface area (Å²) in [6.45, 7) is 3.71. The summed E-state index contributed by atoms with van der Waals surface area (Å²) in [6, 6.07) is 6.96. The number of amides is 2. The van der Waals surface area contributed by atoms with Gasteiger partial charge < -0.3 is 10.2 Å². The van der Waals surface area contributed by atoms with Gasteiger partial charge in [0, 0.05) is 43.9 Å². The fraction of sp³-hybridized carbons (Fsp3) is 0.529. The molecule has 1 aliphatic rings. The number of hydrogen-bond acceptors (Lipinski definition) is 4. The summed E-state index contributed by atoms with van der Waals surface area (Å²) >= 11 is 0. The van der Waals surface area contributed by atoms with Crippen molar-refractivity contribution >= 4 is 27.5 Å². The van der Waals surface area contributed by atoms with Crippen LogP contribution in [0.25, 0.3) is 0 Å². The number of nitrogens with zero attached hydrogens (tertiary/aromatic N) is 2. The Labute approximate surface area is 149 Å². The highest BCUT2D eigenvalue weighted by Crippen LogP contribution is 2.21. The molecule has 2 amide bonds. The molecule has 1 saturated heterocycles. The molecule has 1 aromatic carbocycles. The molecule has 0 aromatic heterocycles. The minimum Gasteiger partial charge on any atom is -0.352 e. The minimum atomic E-state index is -3.20. The third kappa shape index (κ3) is 5.27. The predicted molar refractivity (Wildman–Crippen MR) is 97.1 cm³/mol. The summed E-state index contributed by atoms with van der Waals surface area (Å²) in [5, 5.41) is 2.79. The minimum absolute atomic E-state index is 0.114. The lowest BCUT2D eigenvalue weighted by atomic mass is 10.2. The van der Waals surface area contributed by atoms with Crippen molar-refractivity contribution in [2.45, 2.75) is 26.2 Å². The molecule has 8 heteroatoms. The number of sulfonamides is 1. The molecular formula is C17H25N3O4S. The van der Waals surface area contributed by atoms with Gasteiger partial charge in [-0.15, -0.1) is 0 Å². The maximum atomic E-state index is 12.1. The zero-order valence-corrected chi connectivity index (χ0v) is 15.5. The smallest absolute Gasteiger partial charge is 0.251 e. The van der Waals surface area contributed by atoms with E-state index in [0.29, 0.717) is 38.0 Å². The average molecular weight is 367 g/mol. The molecule has 2 rings (SSSR count). The average Bonchev–Trinajstić information content (AvgIpc) is 2.99. The van der Waals surface area contributed by atoms with Gasteiger partial charge in [0.05, 0.1) is 6.26 Å². The standard InChI is InChI=1S/C17H25N3O4S/c1-3-19(25(2,23)24)12-5-11-18-17(22)14-7-9-15(10-8-14)20-13-4-6-16(20)21/h7-10H,3-6,11-13H2,1-2H3,(H,18,22).